The number of ether oxygens (including phenoxy) is 2. The molecule has 0 aromatic heterocycles. The average molecular weight is 385 g/mol. The topological polar surface area (TPSA) is 66.0 Å². The smallest absolute Gasteiger partial charge is 0.160 e. The first kappa shape index (κ1) is 17.8. The molecule has 0 fully saturated rings. The van der Waals surface area contributed by atoms with Gasteiger partial charge in [-0.3, -0.25) is 0 Å². The van der Waals surface area contributed by atoms with Gasteiger partial charge >= 0.3 is 0 Å². The van der Waals surface area contributed by atoms with E-state index in [-0.39, 0.29) is 12.3 Å². The van der Waals surface area contributed by atoms with E-state index in [2.05, 4.69) is 28.1 Å². The maximum absolute atomic E-state index is 9.71. The summed E-state index contributed by atoms with van der Waals surface area (Å²) in [7, 11) is 3.14. The summed E-state index contributed by atoms with van der Waals surface area (Å²) in [6.07, 6.45) is 0.240. The van der Waals surface area contributed by atoms with Gasteiger partial charge in [0, 0.05) is 16.8 Å². The van der Waals surface area contributed by atoms with Gasteiger partial charge in [0.05, 0.1) is 32.3 Å². The molecule has 0 N–H and O–H groups in total. The SMILES string of the molecule is COc1ccc([C@H](CC#N)[C@H](C#N)c2ccc(Br)cc2)cc1OC. The van der Waals surface area contributed by atoms with Crippen molar-refractivity contribution in [3.05, 3.63) is 58.1 Å². The highest BCUT2D eigenvalue weighted by molar-refractivity contribution is 9.10. The van der Waals surface area contributed by atoms with Crippen molar-refractivity contribution in [2.24, 2.45) is 0 Å². The van der Waals surface area contributed by atoms with E-state index in [4.69, 9.17) is 9.47 Å². The number of hydrogen-bond donors (Lipinski definition) is 0. The van der Waals surface area contributed by atoms with Crippen LogP contribution in [-0.2, 0) is 0 Å². The van der Waals surface area contributed by atoms with Crippen LogP contribution in [0, 0.1) is 22.7 Å². The molecule has 24 heavy (non-hydrogen) atoms. The lowest BCUT2D eigenvalue weighted by molar-refractivity contribution is 0.354. The van der Waals surface area contributed by atoms with E-state index >= 15 is 0 Å². The van der Waals surface area contributed by atoms with Crippen LogP contribution in [0.2, 0.25) is 0 Å². The van der Waals surface area contributed by atoms with Gasteiger partial charge in [0.15, 0.2) is 11.5 Å². The van der Waals surface area contributed by atoms with Crippen molar-refractivity contribution in [2.45, 2.75) is 18.3 Å². The van der Waals surface area contributed by atoms with Crippen LogP contribution >= 0.6 is 15.9 Å². The van der Waals surface area contributed by atoms with Gasteiger partial charge in [-0.25, -0.2) is 0 Å². The van der Waals surface area contributed by atoms with Gasteiger partial charge in [-0.05, 0) is 35.4 Å². The molecule has 0 bridgehead atoms. The van der Waals surface area contributed by atoms with Gasteiger partial charge in [-0.1, -0.05) is 34.1 Å². The Labute approximate surface area is 150 Å². The molecule has 2 atom stereocenters. The highest BCUT2D eigenvalue weighted by atomic mass is 79.9. The number of hydrogen-bond acceptors (Lipinski definition) is 4. The van der Waals surface area contributed by atoms with Gasteiger partial charge < -0.3 is 9.47 Å². The first-order chi connectivity index (χ1) is 11.6. The Morgan fingerprint density at radius 2 is 1.58 bits per heavy atom. The number of rotatable bonds is 6. The molecular weight excluding hydrogens is 368 g/mol. The number of methoxy groups -OCH3 is 2. The molecule has 0 saturated carbocycles. The predicted molar refractivity (Wildman–Crippen MR) is 95.0 cm³/mol. The second kappa shape index (κ2) is 8.38. The number of nitriles is 2. The molecule has 2 aromatic carbocycles. The van der Waals surface area contributed by atoms with Crippen molar-refractivity contribution >= 4 is 15.9 Å². The van der Waals surface area contributed by atoms with Crippen molar-refractivity contribution in [1.29, 1.82) is 10.5 Å². The lowest BCUT2D eigenvalue weighted by Crippen LogP contribution is -2.10. The highest BCUT2D eigenvalue weighted by Crippen LogP contribution is 2.39. The van der Waals surface area contributed by atoms with E-state index in [1.165, 1.54) is 0 Å². The van der Waals surface area contributed by atoms with Crippen LogP contribution in [0.5, 0.6) is 11.5 Å². The normalized spacial score (nSPS) is 12.5. The third-order valence-electron chi connectivity index (χ3n) is 3.92. The highest BCUT2D eigenvalue weighted by Gasteiger charge is 2.26. The second-order valence-corrected chi connectivity index (χ2v) is 6.16. The molecule has 122 valence electrons. The van der Waals surface area contributed by atoms with E-state index in [9.17, 15) is 10.5 Å². The van der Waals surface area contributed by atoms with Gasteiger partial charge in [0.2, 0.25) is 0 Å². The zero-order valence-corrected chi connectivity index (χ0v) is 15.1. The van der Waals surface area contributed by atoms with Crippen LogP contribution < -0.4 is 9.47 Å². The monoisotopic (exact) mass is 384 g/mol. The van der Waals surface area contributed by atoms with Crippen molar-refractivity contribution in [2.75, 3.05) is 14.2 Å². The molecular formula is C19H17BrN2O2. The molecule has 0 spiro atoms. The van der Waals surface area contributed by atoms with Crippen LogP contribution in [0.4, 0.5) is 0 Å². The van der Waals surface area contributed by atoms with Gasteiger partial charge in [0.25, 0.3) is 0 Å². The molecule has 0 aliphatic rings. The summed E-state index contributed by atoms with van der Waals surface area (Å²) in [5, 5.41) is 18.9. The van der Waals surface area contributed by atoms with Crippen molar-refractivity contribution in [1.82, 2.24) is 0 Å². The van der Waals surface area contributed by atoms with E-state index in [0.717, 1.165) is 15.6 Å². The maximum atomic E-state index is 9.71. The molecule has 0 radical (unpaired) electrons. The van der Waals surface area contributed by atoms with E-state index in [1.807, 2.05) is 36.4 Å². The van der Waals surface area contributed by atoms with E-state index < -0.39 is 5.92 Å². The average Bonchev–Trinajstić information content (AvgIpc) is 2.62. The first-order valence-corrected chi connectivity index (χ1v) is 8.17. The van der Waals surface area contributed by atoms with Crippen LogP contribution in [0.3, 0.4) is 0 Å². The van der Waals surface area contributed by atoms with Crippen LogP contribution in [-0.4, -0.2) is 14.2 Å². The van der Waals surface area contributed by atoms with Crippen molar-refractivity contribution < 1.29 is 9.47 Å². The Hall–Kier alpha value is -2.50. The summed E-state index contributed by atoms with van der Waals surface area (Å²) in [4.78, 5) is 0. The Kier molecular flexibility index (Phi) is 6.23. The molecule has 2 aromatic rings. The van der Waals surface area contributed by atoms with Crippen molar-refractivity contribution in [3.63, 3.8) is 0 Å². The fraction of sp³-hybridized carbons (Fsp3) is 0.263. The summed E-state index contributed by atoms with van der Waals surface area (Å²) in [5.41, 5.74) is 1.76. The molecule has 4 nitrogen and oxygen atoms in total. The molecule has 0 aliphatic carbocycles. The molecule has 0 heterocycles. The second-order valence-electron chi connectivity index (χ2n) is 5.24. The maximum Gasteiger partial charge on any atom is 0.160 e. The quantitative estimate of drug-likeness (QED) is 0.718. The van der Waals surface area contributed by atoms with Crippen LogP contribution in [0.1, 0.15) is 29.4 Å². The zero-order valence-electron chi connectivity index (χ0n) is 13.5. The van der Waals surface area contributed by atoms with Crippen molar-refractivity contribution in [3.8, 4) is 23.6 Å². The lowest BCUT2D eigenvalue weighted by atomic mass is 9.80. The number of benzene rings is 2. The van der Waals surface area contributed by atoms with Gasteiger partial charge in [-0.2, -0.15) is 10.5 Å². The number of nitrogens with zero attached hydrogens (tertiary/aromatic N) is 2. The Morgan fingerprint density at radius 1 is 0.958 bits per heavy atom. The largest absolute Gasteiger partial charge is 0.493 e. The lowest BCUT2D eigenvalue weighted by Gasteiger charge is -2.21. The summed E-state index contributed by atoms with van der Waals surface area (Å²) < 4.78 is 11.5. The molecule has 0 aliphatic heterocycles. The fourth-order valence-corrected chi connectivity index (χ4v) is 2.94. The Bertz CT molecular complexity index is 775. The number of halogens is 1. The minimum absolute atomic E-state index is 0.240. The Morgan fingerprint density at radius 3 is 2.12 bits per heavy atom. The summed E-state index contributed by atoms with van der Waals surface area (Å²) in [6, 6.07) is 17.7. The molecule has 0 unspecified atom stereocenters. The standard InChI is InChI=1S/C19H17BrN2O2/c1-23-18-8-5-14(11-19(18)24-2)16(9-10-21)17(12-22)13-3-6-15(20)7-4-13/h3-8,11,16-17H,9H2,1-2H3/t16-,17+/m0/s1. The third kappa shape index (κ3) is 3.88. The summed E-state index contributed by atoms with van der Waals surface area (Å²) in [6.45, 7) is 0. The van der Waals surface area contributed by atoms with Crippen LogP contribution in [0.15, 0.2) is 46.9 Å². The van der Waals surface area contributed by atoms with Crippen LogP contribution in [0.25, 0.3) is 0 Å². The molecule has 5 heteroatoms. The van der Waals surface area contributed by atoms with E-state index in [0.29, 0.717) is 11.5 Å². The third-order valence-corrected chi connectivity index (χ3v) is 4.45. The minimum atomic E-state index is -0.421. The molecule has 0 amide bonds. The molecule has 2 rings (SSSR count). The summed E-state index contributed by atoms with van der Waals surface area (Å²) >= 11 is 3.40. The van der Waals surface area contributed by atoms with Gasteiger partial charge in [-0.15, -0.1) is 0 Å². The van der Waals surface area contributed by atoms with E-state index in [1.54, 1.807) is 20.3 Å². The Balaban J connectivity index is 2.46. The fourth-order valence-electron chi connectivity index (χ4n) is 2.68. The predicted octanol–water partition coefficient (Wildman–Crippen LogP) is 4.77. The molecule has 0 saturated heterocycles. The van der Waals surface area contributed by atoms with Gasteiger partial charge in [0.1, 0.15) is 0 Å². The first-order valence-electron chi connectivity index (χ1n) is 7.38. The summed E-state index contributed by atoms with van der Waals surface area (Å²) in [5.74, 6) is 0.538. The zero-order chi connectivity index (χ0) is 17.5. The minimum Gasteiger partial charge on any atom is -0.493 e.